The minimum Gasteiger partial charge on any atom is -0.330 e. The maximum absolute atomic E-state index is 2.43. The van der Waals surface area contributed by atoms with E-state index in [9.17, 15) is 0 Å². The van der Waals surface area contributed by atoms with Gasteiger partial charge >= 0.3 is 0 Å². The lowest BCUT2D eigenvalue weighted by atomic mass is 10.4. The van der Waals surface area contributed by atoms with Gasteiger partial charge in [0, 0.05) is 0 Å². The molecule has 0 aromatic carbocycles. The third-order valence-electron chi connectivity index (χ3n) is 1.38. The van der Waals surface area contributed by atoms with Gasteiger partial charge < -0.3 is 4.57 Å². The van der Waals surface area contributed by atoms with Gasteiger partial charge in [0.25, 0.3) is 0 Å². The van der Waals surface area contributed by atoms with Crippen LogP contribution in [-0.4, -0.2) is 27.3 Å². The molecule has 0 rings (SSSR count). The van der Waals surface area contributed by atoms with Crippen LogP contribution in [0.5, 0.6) is 0 Å². The summed E-state index contributed by atoms with van der Waals surface area (Å²) in [5, 5.41) is 0. The fraction of sp³-hybridized carbons (Fsp3) is 1.00. The third kappa shape index (κ3) is 2.82. The molecular weight excluding hydrogens is 102 g/mol. The van der Waals surface area contributed by atoms with Crippen molar-refractivity contribution in [3.8, 4) is 0 Å². The zero-order valence-corrected chi connectivity index (χ0v) is 7.15. The van der Waals surface area contributed by atoms with E-state index in [0.717, 1.165) is 6.04 Å². The lowest BCUT2D eigenvalue weighted by molar-refractivity contribution is 0.443. The molecule has 0 N–H and O–H groups in total. The molecule has 0 bridgehead atoms. The van der Waals surface area contributed by atoms with Gasteiger partial charge in [-0.05, 0) is 13.1 Å². The zero-order valence-electron chi connectivity index (χ0n) is 5.73. The van der Waals surface area contributed by atoms with Crippen molar-refractivity contribution < 1.29 is 0 Å². The predicted octanol–water partition coefficient (Wildman–Crippen LogP) is 0.458. The Morgan fingerprint density at radius 1 is 1.43 bits per heavy atom. The summed E-state index contributed by atoms with van der Waals surface area (Å²) in [6.45, 7) is 6.77. The van der Waals surface area contributed by atoms with Crippen molar-refractivity contribution in [2.24, 2.45) is 0 Å². The summed E-state index contributed by atoms with van der Waals surface area (Å²) >= 11 is 0. The first-order valence-corrected chi connectivity index (χ1v) is 4.93. The maximum atomic E-state index is 2.43. The van der Waals surface area contributed by atoms with E-state index in [1.165, 1.54) is 0 Å². The zero-order chi connectivity index (χ0) is 5.86. The van der Waals surface area contributed by atoms with Crippen LogP contribution in [0.15, 0.2) is 0 Å². The van der Waals surface area contributed by atoms with Gasteiger partial charge in [0.15, 0.2) is 0 Å². The predicted molar refractivity (Wildman–Crippen MR) is 37.3 cm³/mol. The molecule has 0 spiro atoms. The molecule has 0 aromatic rings. The van der Waals surface area contributed by atoms with Crippen LogP contribution in [0.3, 0.4) is 0 Å². The summed E-state index contributed by atoms with van der Waals surface area (Å²) in [7, 11) is 2.32. The van der Waals surface area contributed by atoms with E-state index in [4.69, 9.17) is 0 Å². The van der Waals surface area contributed by atoms with Crippen LogP contribution < -0.4 is 0 Å². The molecule has 0 fully saturated rings. The van der Waals surface area contributed by atoms with Gasteiger partial charge in [-0.1, -0.05) is 20.4 Å². The molecule has 0 unspecified atom stereocenters. The average Bonchev–Trinajstić information content (AvgIpc) is 1.65. The Morgan fingerprint density at radius 2 is 1.86 bits per heavy atom. The molecule has 2 heteroatoms. The molecule has 0 amide bonds. The summed E-state index contributed by atoms with van der Waals surface area (Å²) in [6.07, 6.45) is 0. The van der Waals surface area contributed by atoms with Crippen molar-refractivity contribution in [3.05, 3.63) is 0 Å². The molecule has 0 saturated heterocycles. The first-order valence-electron chi connectivity index (χ1n) is 2.88. The minimum atomic E-state index is 0.124. The fourth-order valence-corrected chi connectivity index (χ4v) is 1.10. The molecule has 0 heterocycles. The van der Waals surface area contributed by atoms with Gasteiger partial charge in [0.05, 0.1) is 9.68 Å². The Morgan fingerprint density at radius 3 is 1.86 bits per heavy atom. The van der Waals surface area contributed by atoms with E-state index in [1.807, 2.05) is 0 Å². The van der Waals surface area contributed by atoms with Gasteiger partial charge in [0.1, 0.15) is 0 Å². The lowest BCUT2D eigenvalue weighted by Gasteiger charge is -2.17. The van der Waals surface area contributed by atoms with Gasteiger partial charge in [-0.15, -0.1) is 0 Å². The first-order chi connectivity index (χ1) is 3.18. The molecule has 0 saturated carbocycles. The van der Waals surface area contributed by atoms with Crippen LogP contribution in [0.25, 0.3) is 0 Å². The summed E-state index contributed by atoms with van der Waals surface area (Å²) in [5.41, 5.74) is 0. The normalized spacial score (nSPS) is 12.9. The number of hydrogen-bond donors (Lipinski definition) is 0. The maximum Gasteiger partial charge on any atom is 0.0919 e. The van der Waals surface area contributed by atoms with Gasteiger partial charge in [0.2, 0.25) is 0 Å². The summed E-state index contributed by atoms with van der Waals surface area (Å²) in [5.74, 6) is 0. The summed E-state index contributed by atoms with van der Waals surface area (Å²) < 4.78 is 2.43. The second kappa shape index (κ2) is 3.21. The van der Waals surface area contributed by atoms with Crippen LogP contribution in [0, 0.1) is 0 Å². The minimum absolute atomic E-state index is 0.124. The highest BCUT2D eigenvalue weighted by molar-refractivity contribution is 6.29. The molecule has 0 aromatic heterocycles. The summed E-state index contributed by atoms with van der Waals surface area (Å²) in [6, 6.07) is 0.761. The van der Waals surface area contributed by atoms with E-state index >= 15 is 0 Å². The second-order valence-electron chi connectivity index (χ2n) is 2.17. The van der Waals surface area contributed by atoms with Crippen molar-refractivity contribution in [1.29, 1.82) is 0 Å². The van der Waals surface area contributed by atoms with E-state index in [0.29, 0.717) is 0 Å². The van der Waals surface area contributed by atoms with Crippen molar-refractivity contribution in [2.75, 3.05) is 7.05 Å². The highest BCUT2D eigenvalue weighted by atomic mass is 28.2. The van der Waals surface area contributed by atoms with Crippen LogP contribution in [0.4, 0.5) is 0 Å². The fourth-order valence-electron chi connectivity index (χ4n) is 0.365. The molecular formula is C5H15NSi. The largest absolute Gasteiger partial charge is 0.330 e. The summed E-state index contributed by atoms with van der Waals surface area (Å²) in [4.78, 5) is 0. The van der Waals surface area contributed by atoms with E-state index < -0.39 is 0 Å². The first kappa shape index (κ1) is 7.18. The van der Waals surface area contributed by atoms with Gasteiger partial charge in [-0.25, -0.2) is 0 Å². The number of nitrogens with zero attached hydrogens (tertiary/aromatic N) is 1. The number of hydrogen-bond acceptors (Lipinski definition) is 1. The monoisotopic (exact) mass is 117 g/mol. The third-order valence-corrected chi connectivity index (χ3v) is 3.11. The standard InChI is InChI=1S/C5H15NSi/c1-5(2)6(3)7-4/h5H,7H2,1-4H3. The highest BCUT2D eigenvalue weighted by Crippen LogP contribution is 1.87. The van der Waals surface area contributed by atoms with Gasteiger partial charge in [-0.2, -0.15) is 0 Å². The Hall–Kier alpha value is 0.177. The molecule has 7 heavy (non-hydrogen) atoms. The van der Waals surface area contributed by atoms with Crippen molar-refractivity contribution in [1.82, 2.24) is 4.57 Å². The smallest absolute Gasteiger partial charge is 0.0919 e. The van der Waals surface area contributed by atoms with E-state index in [1.54, 1.807) is 0 Å². The van der Waals surface area contributed by atoms with Gasteiger partial charge in [-0.3, -0.25) is 0 Å². The van der Waals surface area contributed by atoms with E-state index in [2.05, 4.69) is 32.0 Å². The quantitative estimate of drug-likeness (QED) is 0.475. The molecule has 0 radical (unpaired) electrons. The van der Waals surface area contributed by atoms with Crippen LogP contribution >= 0.6 is 0 Å². The molecule has 44 valence electrons. The Bertz CT molecular complexity index is 45.3. The van der Waals surface area contributed by atoms with Crippen LogP contribution in [-0.2, 0) is 0 Å². The molecule has 0 aliphatic heterocycles. The van der Waals surface area contributed by atoms with Crippen molar-refractivity contribution >= 4 is 9.68 Å². The van der Waals surface area contributed by atoms with Crippen molar-refractivity contribution in [3.63, 3.8) is 0 Å². The molecule has 0 atom stereocenters. The van der Waals surface area contributed by atoms with E-state index in [-0.39, 0.29) is 9.68 Å². The highest BCUT2D eigenvalue weighted by Gasteiger charge is 1.96. The lowest BCUT2D eigenvalue weighted by Crippen LogP contribution is -2.27. The molecule has 0 aliphatic carbocycles. The Balaban J connectivity index is 3.14. The Kier molecular flexibility index (Phi) is 3.30. The van der Waals surface area contributed by atoms with Crippen LogP contribution in [0.1, 0.15) is 13.8 Å². The van der Waals surface area contributed by atoms with Crippen molar-refractivity contribution in [2.45, 2.75) is 26.4 Å². The molecule has 1 nitrogen and oxygen atoms in total. The SMILES string of the molecule is C[SiH2]N(C)C(C)C. The van der Waals surface area contributed by atoms with Crippen LogP contribution in [0.2, 0.25) is 6.55 Å². The molecule has 0 aliphatic rings. The second-order valence-corrected chi connectivity index (χ2v) is 3.80. The Labute approximate surface area is 48.6 Å². The number of rotatable bonds is 2. The topological polar surface area (TPSA) is 3.24 Å². The average molecular weight is 117 g/mol.